The van der Waals surface area contributed by atoms with Crippen LogP contribution in [0.25, 0.3) is 11.0 Å². The summed E-state index contributed by atoms with van der Waals surface area (Å²) >= 11 is 0. The molecule has 0 N–H and O–H groups in total. The molecule has 0 bridgehead atoms. The van der Waals surface area contributed by atoms with Gasteiger partial charge in [0.2, 0.25) is 0 Å². The fourth-order valence-electron chi connectivity index (χ4n) is 4.02. The van der Waals surface area contributed by atoms with Gasteiger partial charge in [-0.1, -0.05) is 75.2 Å². The predicted molar refractivity (Wildman–Crippen MR) is 150 cm³/mol. The Kier molecular flexibility index (Phi) is 13.6. The van der Waals surface area contributed by atoms with E-state index in [4.69, 9.17) is 18.6 Å². The van der Waals surface area contributed by atoms with Crippen LogP contribution in [0, 0.1) is 0 Å². The number of fused-ring (bicyclic) bond motifs is 1. The number of allylic oxidation sites excluding steroid dienone is 3. The molecule has 6 nitrogen and oxygen atoms in total. The summed E-state index contributed by atoms with van der Waals surface area (Å²) in [4.78, 5) is 24.4. The van der Waals surface area contributed by atoms with E-state index in [-0.39, 0.29) is 18.1 Å². The number of rotatable bonds is 17. The zero-order chi connectivity index (χ0) is 27.0. The lowest BCUT2D eigenvalue weighted by molar-refractivity contribution is -0.132. The topological polar surface area (TPSA) is 75.0 Å². The van der Waals surface area contributed by atoms with Gasteiger partial charge in [-0.25, -0.2) is 4.79 Å². The molecule has 0 atom stereocenters. The summed E-state index contributed by atoms with van der Waals surface area (Å²) < 4.78 is 22.7. The highest BCUT2D eigenvalue weighted by atomic mass is 16.6. The number of carbonyl (C=O) groups is 1. The van der Waals surface area contributed by atoms with Crippen molar-refractivity contribution in [2.45, 2.75) is 98.8 Å². The molecule has 0 radical (unpaired) electrons. The van der Waals surface area contributed by atoms with Gasteiger partial charge in [-0.3, -0.25) is 4.79 Å². The van der Waals surface area contributed by atoms with E-state index in [0.29, 0.717) is 23.3 Å². The monoisotopic (exact) mass is 512 g/mol. The Bertz CT molecular complexity index is 1100. The first kappa shape index (κ1) is 30.2. The maximum Gasteiger partial charge on any atom is 0.383 e. The molecule has 1 heterocycles. The van der Waals surface area contributed by atoms with Crippen LogP contribution in [0.3, 0.4) is 0 Å². The van der Waals surface area contributed by atoms with E-state index in [1.54, 1.807) is 12.1 Å². The van der Waals surface area contributed by atoms with Gasteiger partial charge in [0.1, 0.15) is 6.61 Å². The van der Waals surface area contributed by atoms with Crippen LogP contribution in [0.2, 0.25) is 0 Å². The van der Waals surface area contributed by atoms with E-state index < -0.39 is 11.6 Å². The number of benzene rings is 1. The lowest BCUT2D eigenvalue weighted by atomic mass is 10.1. The van der Waals surface area contributed by atoms with Crippen molar-refractivity contribution in [1.29, 1.82) is 0 Å². The number of carbonyl (C=O) groups excluding carboxylic acids is 1. The minimum Gasteiger partial charge on any atom is -0.490 e. The van der Waals surface area contributed by atoms with Gasteiger partial charge in [0.15, 0.2) is 17.1 Å². The van der Waals surface area contributed by atoms with Crippen molar-refractivity contribution in [2.24, 2.45) is 0 Å². The van der Waals surface area contributed by atoms with Crippen molar-refractivity contribution >= 4 is 16.9 Å². The molecule has 0 amide bonds. The maximum absolute atomic E-state index is 12.8. The molecule has 0 unspecified atom stereocenters. The highest BCUT2D eigenvalue weighted by molar-refractivity contribution is 5.90. The Morgan fingerprint density at radius 2 is 1.59 bits per heavy atom. The summed E-state index contributed by atoms with van der Waals surface area (Å²) in [5, 5.41) is 0.528. The third-order valence-corrected chi connectivity index (χ3v) is 6.06. The molecule has 1 aromatic heterocycles. The van der Waals surface area contributed by atoms with Crippen molar-refractivity contribution in [3.63, 3.8) is 0 Å². The van der Waals surface area contributed by atoms with Gasteiger partial charge in [-0.2, -0.15) is 0 Å². The van der Waals surface area contributed by atoms with E-state index in [1.807, 2.05) is 19.1 Å². The highest BCUT2D eigenvalue weighted by Gasteiger charge is 2.21. The van der Waals surface area contributed by atoms with Crippen molar-refractivity contribution in [3.05, 3.63) is 51.9 Å². The molecular weight excluding hydrogens is 468 g/mol. The second kappa shape index (κ2) is 16.7. The number of para-hydroxylation sites is 1. The summed E-state index contributed by atoms with van der Waals surface area (Å²) in [6, 6.07) is 5.37. The lowest BCUT2D eigenvalue weighted by Crippen LogP contribution is -2.14. The van der Waals surface area contributed by atoms with Gasteiger partial charge in [0.25, 0.3) is 5.75 Å². The van der Waals surface area contributed by atoms with E-state index in [1.165, 1.54) is 56.6 Å². The summed E-state index contributed by atoms with van der Waals surface area (Å²) in [7, 11) is 0. The van der Waals surface area contributed by atoms with E-state index in [0.717, 1.165) is 25.7 Å². The van der Waals surface area contributed by atoms with E-state index in [2.05, 4.69) is 26.8 Å². The van der Waals surface area contributed by atoms with Crippen molar-refractivity contribution < 1.29 is 23.4 Å². The first-order valence-electron chi connectivity index (χ1n) is 13.7. The average molecular weight is 513 g/mol. The van der Waals surface area contributed by atoms with Gasteiger partial charge < -0.3 is 18.6 Å². The number of esters is 1. The Morgan fingerprint density at radius 1 is 0.892 bits per heavy atom. The standard InChI is InChI=1S/C31H44O6/c1-6-7-8-9-10-11-12-13-21-34-27-19-15-18-26-28(27)37-31(33)30(36-25(5)32)29(26)35-22-20-24(4)17-14-16-23(2)3/h15-16,18-20H,6-14,17,21-22H2,1-5H3. The Labute approximate surface area is 221 Å². The van der Waals surface area contributed by atoms with Crippen LogP contribution in [-0.4, -0.2) is 19.2 Å². The lowest BCUT2D eigenvalue weighted by Gasteiger charge is -2.14. The Morgan fingerprint density at radius 3 is 2.27 bits per heavy atom. The molecule has 0 fully saturated rings. The predicted octanol–water partition coefficient (Wildman–Crippen LogP) is 8.31. The van der Waals surface area contributed by atoms with Crippen molar-refractivity contribution in [1.82, 2.24) is 0 Å². The van der Waals surface area contributed by atoms with Crippen LogP contribution < -0.4 is 19.8 Å². The van der Waals surface area contributed by atoms with Gasteiger partial charge >= 0.3 is 11.6 Å². The third-order valence-electron chi connectivity index (χ3n) is 6.06. The van der Waals surface area contributed by atoms with E-state index in [9.17, 15) is 9.59 Å². The zero-order valence-corrected chi connectivity index (χ0v) is 23.3. The second-order valence-corrected chi connectivity index (χ2v) is 9.78. The number of ether oxygens (including phenoxy) is 3. The molecule has 0 aliphatic heterocycles. The Hall–Kier alpha value is -3.02. The summed E-state index contributed by atoms with van der Waals surface area (Å²) in [6.07, 6.45) is 15.7. The number of unbranched alkanes of at least 4 members (excludes halogenated alkanes) is 7. The number of hydrogen-bond donors (Lipinski definition) is 0. The van der Waals surface area contributed by atoms with Crippen LogP contribution >= 0.6 is 0 Å². The van der Waals surface area contributed by atoms with Gasteiger partial charge in [-0.15, -0.1) is 0 Å². The van der Waals surface area contributed by atoms with Crippen LogP contribution in [-0.2, 0) is 4.79 Å². The van der Waals surface area contributed by atoms with E-state index >= 15 is 0 Å². The van der Waals surface area contributed by atoms with Crippen LogP contribution in [0.4, 0.5) is 0 Å². The highest BCUT2D eigenvalue weighted by Crippen LogP contribution is 2.37. The minimum atomic E-state index is -0.773. The quantitative estimate of drug-likeness (QED) is 0.0918. The molecule has 0 aliphatic carbocycles. The molecule has 6 heteroatoms. The van der Waals surface area contributed by atoms with Gasteiger partial charge in [0.05, 0.1) is 12.0 Å². The second-order valence-electron chi connectivity index (χ2n) is 9.78. The first-order valence-corrected chi connectivity index (χ1v) is 13.7. The fraction of sp³-hybridized carbons (Fsp3) is 0.548. The zero-order valence-electron chi connectivity index (χ0n) is 23.3. The molecule has 37 heavy (non-hydrogen) atoms. The molecular formula is C31H44O6. The van der Waals surface area contributed by atoms with Crippen LogP contribution in [0.5, 0.6) is 17.2 Å². The molecule has 0 saturated heterocycles. The first-order chi connectivity index (χ1) is 17.8. The summed E-state index contributed by atoms with van der Waals surface area (Å²) in [5.74, 6) is -0.194. The normalized spacial score (nSPS) is 11.4. The molecule has 0 aliphatic rings. The Balaban J connectivity index is 2.13. The largest absolute Gasteiger partial charge is 0.490 e. The molecule has 1 aromatic carbocycles. The maximum atomic E-state index is 12.8. The third kappa shape index (κ3) is 10.9. The van der Waals surface area contributed by atoms with Gasteiger partial charge in [-0.05, 0) is 58.2 Å². The van der Waals surface area contributed by atoms with Crippen LogP contribution in [0.15, 0.2) is 50.7 Å². The minimum absolute atomic E-state index is 0.187. The molecule has 2 aromatic rings. The van der Waals surface area contributed by atoms with Crippen LogP contribution in [0.1, 0.15) is 98.8 Å². The number of hydrogen-bond acceptors (Lipinski definition) is 6. The summed E-state index contributed by atoms with van der Waals surface area (Å²) in [5.41, 5.74) is 1.98. The fourth-order valence-corrected chi connectivity index (χ4v) is 4.02. The smallest absolute Gasteiger partial charge is 0.383 e. The average Bonchev–Trinajstić information content (AvgIpc) is 2.84. The SMILES string of the molecule is CCCCCCCCCCOc1cccc2c(OCC=C(C)CCC=C(C)C)c(OC(C)=O)c(=O)oc12. The van der Waals surface area contributed by atoms with Crippen molar-refractivity contribution in [3.8, 4) is 17.2 Å². The van der Waals surface area contributed by atoms with Crippen molar-refractivity contribution in [2.75, 3.05) is 13.2 Å². The molecule has 0 saturated carbocycles. The molecule has 2 rings (SSSR count). The molecule has 0 spiro atoms. The summed E-state index contributed by atoms with van der Waals surface area (Å²) in [6.45, 7) is 10.4. The van der Waals surface area contributed by atoms with Gasteiger partial charge in [0, 0.05) is 6.92 Å². The molecule has 204 valence electrons.